The average molecular weight is 278 g/mol. The zero-order valence-electron chi connectivity index (χ0n) is 12.4. The van der Waals surface area contributed by atoms with E-state index >= 15 is 0 Å². The van der Waals surface area contributed by atoms with Crippen molar-refractivity contribution in [1.29, 1.82) is 5.41 Å². The summed E-state index contributed by atoms with van der Waals surface area (Å²) in [5.74, 6) is -0.635. The predicted octanol–water partition coefficient (Wildman–Crippen LogP) is 2.03. The predicted molar refractivity (Wildman–Crippen MR) is 81.0 cm³/mol. The maximum absolute atomic E-state index is 13.9. The van der Waals surface area contributed by atoms with Gasteiger partial charge in [-0.15, -0.1) is 0 Å². The van der Waals surface area contributed by atoms with Crippen molar-refractivity contribution in [3.63, 3.8) is 0 Å². The third kappa shape index (κ3) is 2.93. The molecule has 3 N–H and O–H groups in total. The normalized spacial score (nSPS) is 17.3. The second kappa shape index (κ2) is 5.40. The van der Waals surface area contributed by atoms with Gasteiger partial charge in [0.15, 0.2) is 0 Å². The highest BCUT2D eigenvalue weighted by Gasteiger charge is 2.27. The number of rotatable bonds is 2. The first-order chi connectivity index (χ1) is 9.30. The number of hydrogen-bond acceptors (Lipinski definition) is 3. The van der Waals surface area contributed by atoms with Crippen molar-refractivity contribution >= 4 is 11.5 Å². The second-order valence-electron chi connectivity index (χ2n) is 6.19. The van der Waals surface area contributed by atoms with Gasteiger partial charge in [-0.25, -0.2) is 4.39 Å². The molecule has 1 fully saturated rings. The fourth-order valence-corrected chi connectivity index (χ4v) is 2.66. The number of benzene rings is 1. The Morgan fingerprint density at radius 3 is 2.30 bits per heavy atom. The van der Waals surface area contributed by atoms with Gasteiger partial charge in [-0.3, -0.25) is 10.3 Å². The van der Waals surface area contributed by atoms with Gasteiger partial charge in [-0.05, 0) is 32.9 Å². The number of halogens is 1. The van der Waals surface area contributed by atoms with E-state index in [4.69, 9.17) is 11.1 Å². The summed E-state index contributed by atoms with van der Waals surface area (Å²) in [6.45, 7) is 10.1. The van der Waals surface area contributed by atoms with Crippen LogP contribution in [0.15, 0.2) is 18.2 Å². The minimum Gasteiger partial charge on any atom is -0.384 e. The molecular weight excluding hydrogens is 255 g/mol. The van der Waals surface area contributed by atoms with E-state index in [0.717, 1.165) is 31.9 Å². The van der Waals surface area contributed by atoms with Crippen molar-refractivity contribution in [3.05, 3.63) is 29.6 Å². The van der Waals surface area contributed by atoms with E-state index in [1.165, 1.54) is 6.07 Å². The molecule has 0 radical (unpaired) electrons. The van der Waals surface area contributed by atoms with Crippen LogP contribution in [0.5, 0.6) is 0 Å². The summed E-state index contributed by atoms with van der Waals surface area (Å²) >= 11 is 0. The number of nitrogens with zero attached hydrogens (tertiary/aromatic N) is 2. The summed E-state index contributed by atoms with van der Waals surface area (Å²) in [6.07, 6.45) is 0. The zero-order chi connectivity index (χ0) is 14.9. The number of nitrogens with two attached hydrogens (primary N) is 1. The monoisotopic (exact) mass is 278 g/mol. The summed E-state index contributed by atoms with van der Waals surface area (Å²) in [5.41, 5.74) is 6.62. The van der Waals surface area contributed by atoms with Crippen LogP contribution in [0.25, 0.3) is 0 Å². The molecule has 0 aromatic heterocycles. The number of anilines is 1. The van der Waals surface area contributed by atoms with Gasteiger partial charge in [0.05, 0.1) is 11.3 Å². The van der Waals surface area contributed by atoms with E-state index in [1.54, 1.807) is 6.07 Å². The lowest BCUT2D eigenvalue weighted by atomic mass is 10.0. The second-order valence-corrected chi connectivity index (χ2v) is 6.19. The van der Waals surface area contributed by atoms with Gasteiger partial charge in [0.2, 0.25) is 0 Å². The molecule has 1 aliphatic heterocycles. The first-order valence-corrected chi connectivity index (χ1v) is 6.93. The summed E-state index contributed by atoms with van der Waals surface area (Å²) in [5, 5.41) is 7.58. The van der Waals surface area contributed by atoms with Gasteiger partial charge in [0.25, 0.3) is 0 Å². The molecule has 5 heteroatoms. The first kappa shape index (κ1) is 14.8. The van der Waals surface area contributed by atoms with Crippen LogP contribution in [0.2, 0.25) is 0 Å². The van der Waals surface area contributed by atoms with Crippen molar-refractivity contribution < 1.29 is 4.39 Å². The Labute approximate surface area is 119 Å². The van der Waals surface area contributed by atoms with Crippen LogP contribution in [0.3, 0.4) is 0 Å². The lowest BCUT2D eigenvalue weighted by Crippen LogP contribution is -2.53. The third-order valence-electron chi connectivity index (χ3n) is 3.83. The Balaban J connectivity index is 2.19. The smallest absolute Gasteiger partial charge is 0.136 e. The SMILES string of the molecule is CC(C)(C)N1CCN(c2cccc(F)c2C(=N)N)CC1. The van der Waals surface area contributed by atoms with Crippen molar-refractivity contribution in [1.82, 2.24) is 4.90 Å². The molecule has 1 aromatic carbocycles. The molecule has 1 aromatic rings. The van der Waals surface area contributed by atoms with Crippen molar-refractivity contribution in [2.75, 3.05) is 31.1 Å². The highest BCUT2D eigenvalue weighted by atomic mass is 19.1. The first-order valence-electron chi connectivity index (χ1n) is 6.93. The quantitative estimate of drug-likeness (QED) is 0.643. The minimum atomic E-state index is -0.423. The molecule has 0 saturated carbocycles. The Kier molecular flexibility index (Phi) is 3.99. The maximum atomic E-state index is 13.9. The van der Waals surface area contributed by atoms with E-state index in [1.807, 2.05) is 6.07 Å². The summed E-state index contributed by atoms with van der Waals surface area (Å²) in [7, 11) is 0. The molecule has 20 heavy (non-hydrogen) atoms. The molecule has 1 heterocycles. The minimum absolute atomic E-state index is 0.150. The molecule has 0 spiro atoms. The van der Waals surface area contributed by atoms with Crippen LogP contribution < -0.4 is 10.6 Å². The Bertz CT molecular complexity index is 499. The van der Waals surface area contributed by atoms with Crippen molar-refractivity contribution in [2.45, 2.75) is 26.3 Å². The molecule has 2 rings (SSSR count). The van der Waals surface area contributed by atoms with Crippen LogP contribution in [0, 0.1) is 11.2 Å². The lowest BCUT2D eigenvalue weighted by Gasteiger charge is -2.43. The molecule has 1 saturated heterocycles. The van der Waals surface area contributed by atoms with E-state index in [-0.39, 0.29) is 16.9 Å². The molecule has 0 atom stereocenters. The van der Waals surface area contributed by atoms with Crippen LogP contribution in [-0.4, -0.2) is 42.5 Å². The summed E-state index contributed by atoms with van der Waals surface area (Å²) in [4.78, 5) is 4.53. The van der Waals surface area contributed by atoms with Crippen molar-refractivity contribution in [2.24, 2.45) is 5.73 Å². The van der Waals surface area contributed by atoms with Crippen LogP contribution in [-0.2, 0) is 0 Å². The maximum Gasteiger partial charge on any atom is 0.136 e. The van der Waals surface area contributed by atoms with E-state index < -0.39 is 5.82 Å². The molecular formula is C15H23FN4. The van der Waals surface area contributed by atoms with E-state index in [0.29, 0.717) is 0 Å². The van der Waals surface area contributed by atoms with E-state index in [9.17, 15) is 4.39 Å². The molecule has 0 aliphatic carbocycles. The standard InChI is InChI=1S/C15H23FN4/c1-15(2,3)20-9-7-19(8-10-20)12-6-4-5-11(16)13(12)14(17)18/h4-6H,7-10H2,1-3H3,(H3,17,18). The number of hydrogen-bond donors (Lipinski definition) is 2. The molecule has 110 valence electrons. The topological polar surface area (TPSA) is 56.4 Å². The van der Waals surface area contributed by atoms with Gasteiger partial charge in [-0.2, -0.15) is 0 Å². The zero-order valence-corrected chi connectivity index (χ0v) is 12.4. The summed E-state index contributed by atoms with van der Waals surface area (Å²) in [6, 6.07) is 4.87. The van der Waals surface area contributed by atoms with Crippen LogP contribution >= 0.6 is 0 Å². The molecule has 1 aliphatic rings. The highest BCUT2D eigenvalue weighted by molar-refractivity contribution is 6.00. The molecule has 0 bridgehead atoms. The van der Waals surface area contributed by atoms with Gasteiger partial charge in [-0.1, -0.05) is 6.07 Å². The van der Waals surface area contributed by atoms with Gasteiger partial charge < -0.3 is 10.6 Å². The third-order valence-corrected chi connectivity index (χ3v) is 3.83. The average Bonchev–Trinajstić information content (AvgIpc) is 2.37. The van der Waals surface area contributed by atoms with Crippen molar-refractivity contribution in [3.8, 4) is 0 Å². The fraction of sp³-hybridized carbons (Fsp3) is 0.533. The van der Waals surface area contributed by atoms with Gasteiger partial charge in [0, 0.05) is 31.7 Å². The fourth-order valence-electron chi connectivity index (χ4n) is 2.66. The largest absolute Gasteiger partial charge is 0.384 e. The van der Waals surface area contributed by atoms with Crippen LogP contribution in [0.4, 0.5) is 10.1 Å². The number of nitrogens with one attached hydrogen (secondary N) is 1. The molecule has 0 unspecified atom stereocenters. The van der Waals surface area contributed by atoms with Crippen LogP contribution in [0.1, 0.15) is 26.3 Å². The van der Waals surface area contributed by atoms with Gasteiger partial charge in [0.1, 0.15) is 11.7 Å². The highest BCUT2D eigenvalue weighted by Crippen LogP contribution is 2.25. The lowest BCUT2D eigenvalue weighted by molar-refractivity contribution is 0.128. The Hall–Kier alpha value is -1.62. The Morgan fingerprint density at radius 2 is 1.80 bits per heavy atom. The van der Waals surface area contributed by atoms with E-state index in [2.05, 4.69) is 30.6 Å². The molecule has 0 amide bonds. The number of amidine groups is 1. The van der Waals surface area contributed by atoms with Gasteiger partial charge >= 0.3 is 0 Å². The number of nitrogen functional groups attached to an aromatic ring is 1. The molecule has 4 nitrogen and oxygen atoms in total. The Morgan fingerprint density at radius 1 is 1.20 bits per heavy atom. The summed E-state index contributed by atoms with van der Waals surface area (Å²) < 4.78 is 13.9. The number of piperazine rings is 1.